The zero-order chi connectivity index (χ0) is 20.1. The summed E-state index contributed by atoms with van der Waals surface area (Å²) in [5, 5.41) is 13.2. The Labute approximate surface area is 178 Å². The van der Waals surface area contributed by atoms with Gasteiger partial charge in [0.2, 0.25) is 5.91 Å². The number of carbonyl (C=O) groups is 1. The molecule has 28 heavy (non-hydrogen) atoms. The molecule has 1 amide bonds. The van der Waals surface area contributed by atoms with E-state index in [-0.39, 0.29) is 11.2 Å². The van der Waals surface area contributed by atoms with E-state index in [0.29, 0.717) is 28.3 Å². The predicted octanol–water partition coefficient (Wildman–Crippen LogP) is 5.07. The van der Waals surface area contributed by atoms with Crippen LogP contribution in [0.15, 0.2) is 53.7 Å². The van der Waals surface area contributed by atoms with Gasteiger partial charge in [-0.1, -0.05) is 53.2 Å². The minimum absolute atomic E-state index is 0.0800. The van der Waals surface area contributed by atoms with Gasteiger partial charge in [0.15, 0.2) is 11.0 Å². The summed E-state index contributed by atoms with van der Waals surface area (Å²) < 4.78 is 1.99. The fourth-order valence-electron chi connectivity index (χ4n) is 2.65. The van der Waals surface area contributed by atoms with E-state index in [4.69, 9.17) is 23.2 Å². The van der Waals surface area contributed by atoms with Crippen LogP contribution in [0.1, 0.15) is 19.4 Å². The molecule has 0 saturated carbocycles. The SMILES string of the molecule is CCn1c(SC(C)C(=O)NCc2ccccc2Cl)nnc1-c1ccc(Cl)cc1. The molecular formula is C20H20Cl2N4OS. The molecule has 0 radical (unpaired) electrons. The molecule has 1 aromatic heterocycles. The largest absolute Gasteiger partial charge is 0.351 e. The third kappa shape index (κ3) is 4.87. The molecule has 0 spiro atoms. The molecule has 0 aliphatic rings. The van der Waals surface area contributed by atoms with Crippen molar-refractivity contribution in [2.75, 3.05) is 0 Å². The molecule has 8 heteroatoms. The standard InChI is InChI=1S/C20H20Cl2N4OS/c1-3-26-18(14-8-10-16(21)11-9-14)24-25-20(26)28-13(2)19(27)23-12-15-6-4-5-7-17(15)22/h4-11,13H,3,12H2,1-2H3,(H,23,27). The van der Waals surface area contributed by atoms with Crippen LogP contribution in [0.5, 0.6) is 0 Å². The maximum atomic E-state index is 12.5. The lowest BCUT2D eigenvalue weighted by Gasteiger charge is -2.13. The van der Waals surface area contributed by atoms with Gasteiger partial charge in [0.05, 0.1) is 5.25 Å². The average Bonchev–Trinajstić information content (AvgIpc) is 3.10. The zero-order valence-corrected chi connectivity index (χ0v) is 17.9. The van der Waals surface area contributed by atoms with Crippen LogP contribution in [0.4, 0.5) is 0 Å². The first-order chi connectivity index (χ1) is 13.5. The Morgan fingerprint density at radius 1 is 1.14 bits per heavy atom. The van der Waals surface area contributed by atoms with E-state index in [1.807, 2.05) is 66.9 Å². The molecule has 2 aromatic carbocycles. The van der Waals surface area contributed by atoms with Crippen molar-refractivity contribution in [1.82, 2.24) is 20.1 Å². The second-order valence-electron chi connectivity index (χ2n) is 6.13. The fourth-order valence-corrected chi connectivity index (χ4v) is 3.92. The minimum atomic E-state index is -0.324. The number of nitrogens with one attached hydrogen (secondary N) is 1. The third-order valence-electron chi connectivity index (χ3n) is 4.20. The van der Waals surface area contributed by atoms with E-state index in [2.05, 4.69) is 15.5 Å². The van der Waals surface area contributed by atoms with Gasteiger partial charge in [-0.3, -0.25) is 4.79 Å². The first kappa shape index (κ1) is 20.7. The lowest BCUT2D eigenvalue weighted by molar-refractivity contribution is -0.120. The highest BCUT2D eigenvalue weighted by atomic mass is 35.5. The third-order valence-corrected chi connectivity index (χ3v) is 5.90. The summed E-state index contributed by atoms with van der Waals surface area (Å²) in [5.41, 5.74) is 1.82. The number of hydrogen-bond donors (Lipinski definition) is 1. The minimum Gasteiger partial charge on any atom is -0.351 e. The van der Waals surface area contributed by atoms with E-state index in [9.17, 15) is 4.79 Å². The summed E-state index contributed by atoms with van der Waals surface area (Å²) in [6.45, 7) is 4.96. The number of thioether (sulfide) groups is 1. The molecule has 1 atom stereocenters. The van der Waals surface area contributed by atoms with Gasteiger partial charge in [-0.05, 0) is 49.7 Å². The molecule has 146 valence electrons. The van der Waals surface area contributed by atoms with Gasteiger partial charge in [0.25, 0.3) is 0 Å². The smallest absolute Gasteiger partial charge is 0.233 e. The Kier molecular flexibility index (Phi) is 6.99. The molecule has 3 aromatic rings. The van der Waals surface area contributed by atoms with Crippen molar-refractivity contribution >= 4 is 40.9 Å². The monoisotopic (exact) mass is 434 g/mol. The van der Waals surface area contributed by atoms with Gasteiger partial charge in [0, 0.05) is 28.7 Å². The highest BCUT2D eigenvalue weighted by Crippen LogP contribution is 2.27. The average molecular weight is 435 g/mol. The number of hydrogen-bond acceptors (Lipinski definition) is 4. The van der Waals surface area contributed by atoms with Crippen LogP contribution in [-0.4, -0.2) is 25.9 Å². The normalized spacial score (nSPS) is 12.0. The van der Waals surface area contributed by atoms with Gasteiger partial charge < -0.3 is 9.88 Å². The number of carbonyl (C=O) groups excluding carboxylic acids is 1. The van der Waals surface area contributed by atoms with Crippen molar-refractivity contribution < 1.29 is 4.79 Å². The number of aromatic nitrogens is 3. The lowest BCUT2D eigenvalue weighted by Crippen LogP contribution is -2.30. The zero-order valence-electron chi connectivity index (χ0n) is 15.5. The molecule has 5 nitrogen and oxygen atoms in total. The van der Waals surface area contributed by atoms with Gasteiger partial charge in [0.1, 0.15) is 0 Å². The van der Waals surface area contributed by atoms with Crippen LogP contribution in [0, 0.1) is 0 Å². The van der Waals surface area contributed by atoms with Crippen molar-refractivity contribution in [2.24, 2.45) is 0 Å². The van der Waals surface area contributed by atoms with E-state index in [1.165, 1.54) is 11.8 Å². The summed E-state index contributed by atoms with van der Waals surface area (Å²) in [7, 11) is 0. The van der Waals surface area contributed by atoms with Crippen molar-refractivity contribution in [3.8, 4) is 11.4 Å². The summed E-state index contributed by atoms with van der Waals surface area (Å²) in [6.07, 6.45) is 0. The molecule has 0 saturated heterocycles. The maximum absolute atomic E-state index is 12.5. The van der Waals surface area contributed by atoms with Crippen LogP contribution in [0.2, 0.25) is 10.0 Å². The van der Waals surface area contributed by atoms with E-state index in [0.717, 1.165) is 17.0 Å². The Bertz CT molecular complexity index is 959. The van der Waals surface area contributed by atoms with Crippen molar-refractivity contribution in [2.45, 2.75) is 37.3 Å². The molecule has 1 N–H and O–H groups in total. The van der Waals surface area contributed by atoms with Gasteiger partial charge >= 0.3 is 0 Å². The van der Waals surface area contributed by atoms with E-state index < -0.39 is 0 Å². The quantitative estimate of drug-likeness (QED) is 0.527. The van der Waals surface area contributed by atoms with E-state index in [1.54, 1.807) is 0 Å². The second-order valence-corrected chi connectivity index (χ2v) is 8.28. The highest BCUT2D eigenvalue weighted by Gasteiger charge is 2.20. The predicted molar refractivity (Wildman–Crippen MR) is 115 cm³/mol. The number of amides is 1. The van der Waals surface area contributed by atoms with Crippen LogP contribution < -0.4 is 5.32 Å². The first-order valence-corrected chi connectivity index (χ1v) is 10.5. The van der Waals surface area contributed by atoms with Crippen LogP contribution in [-0.2, 0) is 17.9 Å². The molecule has 0 aliphatic carbocycles. The summed E-state index contributed by atoms with van der Waals surface area (Å²) in [4.78, 5) is 12.5. The van der Waals surface area contributed by atoms with E-state index >= 15 is 0 Å². The summed E-state index contributed by atoms with van der Waals surface area (Å²) >= 11 is 13.5. The molecule has 1 unspecified atom stereocenters. The van der Waals surface area contributed by atoms with Crippen molar-refractivity contribution in [3.05, 3.63) is 64.1 Å². The molecule has 1 heterocycles. The van der Waals surface area contributed by atoms with Crippen LogP contribution in [0.3, 0.4) is 0 Å². The van der Waals surface area contributed by atoms with Gasteiger partial charge in [-0.25, -0.2) is 0 Å². The van der Waals surface area contributed by atoms with Gasteiger partial charge in [-0.15, -0.1) is 10.2 Å². The maximum Gasteiger partial charge on any atom is 0.233 e. The number of nitrogens with zero attached hydrogens (tertiary/aromatic N) is 3. The molecule has 0 fully saturated rings. The lowest BCUT2D eigenvalue weighted by atomic mass is 10.2. The van der Waals surface area contributed by atoms with Crippen molar-refractivity contribution in [3.63, 3.8) is 0 Å². The molecule has 0 aliphatic heterocycles. The van der Waals surface area contributed by atoms with Crippen LogP contribution >= 0.6 is 35.0 Å². The fraction of sp³-hybridized carbons (Fsp3) is 0.250. The molecule has 0 bridgehead atoms. The van der Waals surface area contributed by atoms with Crippen molar-refractivity contribution in [1.29, 1.82) is 0 Å². The highest BCUT2D eigenvalue weighted by molar-refractivity contribution is 8.00. The van der Waals surface area contributed by atoms with Gasteiger partial charge in [-0.2, -0.15) is 0 Å². The molecule has 3 rings (SSSR count). The summed E-state index contributed by atoms with van der Waals surface area (Å²) in [5.74, 6) is 0.675. The Balaban J connectivity index is 1.68. The Morgan fingerprint density at radius 2 is 1.86 bits per heavy atom. The molecular weight excluding hydrogens is 415 g/mol. The second kappa shape index (κ2) is 9.45. The number of benzene rings is 2. The van der Waals surface area contributed by atoms with Crippen LogP contribution in [0.25, 0.3) is 11.4 Å². The topological polar surface area (TPSA) is 59.8 Å². The summed E-state index contributed by atoms with van der Waals surface area (Å²) in [6, 6.07) is 14.9. The Hall–Kier alpha value is -2.02. The number of rotatable bonds is 7. The number of halogens is 2. The Morgan fingerprint density at radius 3 is 2.54 bits per heavy atom. The first-order valence-electron chi connectivity index (χ1n) is 8.86.